The summed E-state index contributed by atoms with van der Waals surface area (Å²) in [6, 6.07) is 8.47. The minimum absolute atomic E-state index is 0.00714. The van der Waals surface area contributed by atoms with Crippen molar-refractivity contribution in [3.8, 4) is 5.75 Å². The maximum atomic E-state index is 13.5. The van der Waals surface area contributed by atoms with Crippen molar-refractivity contribution in [1.29, 1.82) is 0 Å². The fourth-order valence-electron chi connectivity index (χ4n) is 3.51. The van der Waals surface area contributed by atoms with Gasteiger partial charge in [0.2, 0.25) is 5.91 Å². The molecule has 2 aromatic carbocycles. The molecule has 0 aromatic heterocycles. The van der Waals surface area contributed by atoms with Gasteiger partial charge in [-0.2, -0.15) is 0 Å². The third kappa shape index (κ3) is 6.10. The van der Waals surface area contributed by atoms with E-state index < -0.39 is 23.8 Å². The fraction of sp³-hybridized carbons (Fsp3) is 0.381. The number of nitrogens with one attached hydrogen (secondary N) is 2. The average molecular weight is 516 g/mol. The number of fused-ring (bicyclic) bond motifs is 1. The summed E-state index contributed by atoms with van der Waals surface area (Å²) in [7, 11) is 0. The number of carbonyl (C=O) groups is 1. The molecule has 29 heavy (non-hydrogen) atoms. The molecule has 3 N–H and O–H groups in total. The van der Waals surface area contributed by atoms with E-state index in [-0.39, 0.29) is 24.9 Å². The fourth-order valence-corrected chi connectivity index (χ4v) is 4.02. The summed E-state index contributed by atoms with van der Waals surface area (Å²) in [6.45, 7) is 2.12. The number of aliphatic hydroxyl groups excluding tert-OH is 1. The van der Waals surface area contributed by atoms with E-state index in [4.69, 9.17) is 4.74 Å². The average Bonchev–Trinajstić information content (AvgIpc) is 2.64. The van der Waals surface area contributed by atoms with Gasteiger partial charge in [-0.1, -0.05) is 0 Å². The third-order valence-electron chi connectivity index (χ3n) is 4.82. The summed E-state index contributed by atoms with van der Waals surface area (Å²) in [6.07, 6.45) is -0.0849. The van der Waals surface area contributed by atoms with E-state index in [2.05, 4.69) is 33.2 Å². The first-order chi connectivity index (χ1) is 13.8. The van der Waals surface area contributed by atoms with Crippen LogP contribution in [0.5, 0.6) is 5.75 Å². The monoisotopic (exact) mass is 516 g/mol. The van der Waals surface area contributed by atoms with Crippen LogP contribution in [0.3, 0.4) is 0 Å². The van der Waals surface area contributed by atoms with Crippen molar-refractivity contribution in [3.63, 3.8) is 0 Å². The van der Waals surface area contributed by atoms with E-state index in [0.717, 1.165) is 27.4 Å². The summed E-state index contributed by atoms with van der Waals surface area (Å²) in [4.78, 5) is 11.6. The van der Waals surface area contributed by atoms with Gasteiger partial charge in [0.1, 0.15) is 17.4 Å². The Morgan fingerprint density at radius 3 is 2.69 bits per heavy atom. The van der Waals surface area contributed by atoms with Crippen LogP contribution < -0.4 is 15.4 Å². The molecule has 1 aliphatic rings. The maximum absolute atomic E-state index is 13.5. The van der Waals surface area contributed by atoms with Crippen molar-refractivity contribution in [2.24, 2.45) is 0 Å². The lowest BCUT2D eigenvalue weighted by atomic mass is 9.98. The zero-order valence-corrected chi connectivity index (χ0v) is 18.1. The van der Waals surface area contributed by atoms with Gasteiger partial charge in [0, 0.05) is 41.1 Å². The van der Waals surface area contributed by atoms with E-state index >= 15 is 0 Å². The molecular weight excluding hydrogens is 493 g/mol. The standard InChI is InChI=1S/C21H23F2IN2O3/c1-12(27)26-19(8-13-6-14(22)9-15(23)7-13)20(28)11-25-18-4-5-29-21-3-2-16(24)10-17(18)21/h2-3,6-7,9-10,18-20,25,28H,4-5,8,11H2,1H3,(H,26,27)/t18-,19?,20+/m0/s1. The Balaban J connectivity index is 1.68. The first-order valence-corrected chi connectivity index (χ1v) is 10.5. The third-order valence-corrected chi connectivity index (χ3v) is 5.49. The second-order valence-corrected chi connectivity index (χ2v) is 8.38. The Labute approximate surface area is 182 Å². The van der Waals surface area contributed by atoms with Crippen LogP contribution in [-0.2, 0) is 11.2 Å². The van der Waals surface area contributed by atoms with Crippen LogP contribution >= 0.6 is 22.6 Å². The van der Waals surface area contributed by atoms with Gasteiger partial charge in [0.05, 0.1) is 18.8 Å². The zero-order valence-electron chi connectivity index (χ0n) is 15.9. The van der Waals surface area contributed by atoms with Crippen molar-refractivity contribution >= 4 is 28.5 Å². The molecule has 1 unspecified atom stereocenters. The number of ether oxygens (including phenoxy) is 1. The first-order valence-electron chi connectivity index (χ1n) is 9.37. The Bertz CT molecular complexity index is 861. The smallest absolute Gasteiger partial charge is 0.217 e. The summed E-state index contributed by atoms with van der Waals surface area (Å²) >= 11 is 2.24. The number of halogens is 3. The Kier molecular flexibility index (Phi) is 7.42. The molecule has 0 saturated heterocycles. The van der Waals surface area contributed by atoms with Crippen LogP contribution in [0.2, 0.25) is 0 Å². The van der Waals surface area contributed by atoms with Crippen molar-refractivity contribution in [2.45, 2.75) is 38.0 Å². The van der Waals surface area contributed by atoms with Gasteiger partial charge in [-0.25, -0.2) is 8.78 Å². The van der Waals surface area contributed by atoms with Crippen LogP contribution in [-0.4, -0.2) is 36.3 Å². The van der Waals surface area contributed by atoms with Crippen LogP contribution in [0.15, 0.2) is 36.4 Å². The van der Waals surface area contributed by atoms with Gasteiger partial charge in [-0.05, 0) is 64.9 Å². The van der Waals surface area contributed by atoms with Crippen molar-refractivity contribution in [2.75, 3.05) is 13.2 Å². The summed E-state index contributed by atoms with van der Waals surface area (Å²) in [5.74, 6) is -0.889. The minimum atomic E-state index is -0.945. The Hall–Kier alpha value is -1.78. The summed E-state index contributed by atoms with van der Waals surface area (Å²) < 4.78 is 33.8. The molecule has 2 aromatic rings. The molecule has 156 valence electrons. The van der Waals surface area contributed by atoms with Crippen molar-refractivity contribution in [3.05, 3.63) is 62.7 Å². The number of carbonyl (C=O) groups excluding carboxylic acids is 1. The maximum Gasteiger partial charge on any atom is 0.217 e. The predicted octanol–water partition coefficient (Wildman–Crippen LogP) is 3.09. The SMILES string of the molecule is CC(=O)NC(Cc1cc(F)cc(F)c1)[C@H](O)CN[C@H]1CCOc2ccc(I)cc21. The molecular formula is C21H23F2IN2O3. The molecule has 0 bridgehead atoms. The van der Waals surface area contributed by atoms with Crippen molar-refractivity contribution in [1.82, 2.24) is 10.6 Å². The molecule has 5 nitrogen and oxygen atoms in total. The summed E-state index contributed by atoms with van der Waals surface area (Å²) in [5, 5.41) is 16.7. The molecule has 1 aliphatic heterocycles. The van der Waals surface area contributed by atoms with Gasteiger partial charge in [-0.3, -0.25) is 4.79 Å². The number of hydrogen-bond donors (Lipinski definition) is 3. The van der Waals surface area contributed by atoms with Crippen LogP contribution in [0.4, 0.5) is 8.78 Å². The molecule has 1 heterocycles. The zero-order chi connectivity index (χ0) is 21.0. The lowest BCUT2D eigenvalue weighted by Gasteiger charge is -2.30. The molecule has 8 heteroatoms. The Morgan fingerprint density at radius 1 is 1.28 bits per heavy atom. The highest BCUT2D eigenvalue weighted by atomic mass is 127. The largest absolute Gasteiger partial charge is 0.493 e. The van der Waals surface area contributed by atoms with Crippen molar-refractivity contribution < 1.29 is 23.4 Å². The first kappa shape index (κ1) is 21.9. The van der Waals surface area contributed by atoms with E-state index in [1.807, 2.05) is 18.2 Å². The molecule has 0 fully saturated rings. The number of rotatable bonds is 7. The van der Waals surface area contributed by atoms with Crippen LogP contribution in [0, 0.1) is 15.2 Å². The topological polar surface area (TPSA) is 70.6 Å². The van der Waals surface area contributed by atoms with Crippen LogP contribution in [0.1, 0.15) is 30.5 Å². The highest BCUT2D eigenvalue weighted by molar-refractivity contribution is 14.1. The molecule has 0 aliphatic carbocycles. The number of benzene rings is 2. The predicted molar refractivity (Wildman–Crippen MR) is 114 cm³/mol. The molecule has 0 spiro atoms. The molecule has 0 saturated carbocycles. The molecule has 0 radical (unpaired) electrons. The highest BCUT2D eigenvalue weighted by Crippen LogP contribution is 2.33. The number of amides is 1. The normalized spacial score (nSPS) is 17.8. The molecule has 3 rings (SSSR count). The second kappa shape index (κ2) is 9.82. The van der Waals surface area contributed by atoms with Crippen LogP contribution in [0.25, 0.3) is 0 Å². The highest BCUT2D eigenvalue weighted by Gasteiger charge is 2.25. The van der Waals surface area contributed by atoms with E-state index in [1.165, 1.54) is 19.1 Å². The van der Waals surface area contributed by atoms with E-state index in [0.29, 0.717) is 12.2 Å². The van der Waals surface area contributed by atoms with E-state index in [9.17, 15) is 18.7 Å². The van der Waals surface area contributed by atoms with Gasteiger partial charge >= 0.3 is 0 Å². The quantitative estimate of drug-likeness (QED) is 0.495. The van der Waals surface area contributed by atoms with Gasteiger partial charge < -0.3 is 20.5 Å². The van der Waals surface area contributed by atoms with Gasteiger partial charge in [-0.15, -0.1) is 0 Å². The number of aliphatic hydroxyl groups is 1. The summed E-state index contributed by atoms with van der Waals surface area (Å²) in [5.41, 5.74) is 1.39. The van der Waals surface area contributed by atoms with E-state index in [1.54, 1.807) is 0 Å². The van der Waals surface area contributed by atoms with Gasteiger partial charge in [0.15, 0.2) is 0 Å². The lowest BCUT2D eigenvalue weighted by molar-refractivity contribution is -0.120. The van der Waals surface area contributed by atoms with Gasteiger partial charge in [0.25, 0.3) is 0 Å². The second-order valence-electron chi connectivity index (χ2n) is 7.14. The Morgan fingerprint density at radius 2 is 2.00 bits per heavy atom. The molecule has 1 amide bonds. The molecule has 3 atom stereocenters. The number of hydrogen-bond acceptors (Lipinski definition) is 4. The lowest BCUT2D eigenvalue weighted by Crippen LogP contribution is -2.48. The minimum Gasteiger partial charge on any atom is -0.493 e.